The van der Waals surface area contributed by atoms with E-state index >= 15 is 0 Å². The highest BCUT2D eigenvalue weighted by Crippen LogP contribution is 2.35. The molecule has 0 aliphatic carbocycles. The lowest BCUT2D eigenvalue weighted by atomic mass is 10.1. The maximum Gasteiger partial charge on any atom is 0.303 e. The molecule has 1 N–H and O–H groups in total. The zero-order valence-corrected chi connectivity index (χ0v) is 16.3. The molecule has 3 rings (SSSR count). The van der Waals surface area contributed by atoms with Gasteiger partial charge >= 0.3 is 5.97 Å². The topological polar surface area (TPSA) is 68.0 Å². The summed E-state index contributed by atoms with van der Waals surface area (Å²) in [7, 11) is 0. The first-order valence-electron chi connectivity index (χ1n) is 8.97. The molecule has 0 spiro atoms. The summed E-state index contributed by atoms with van der Waals surface area (Å²) in [5.41, 5.74) is 2.07. The van der Waals surface area contributed by atoms with Gasteiger partial charge in [0.2, 0.25) is 0 Å². The summed E-state index contributed by atoms with van der Waals surface area (Å²) in [6.45, 7) is 4.86. The van der Waals surface area contributed by atoms with E-state index in [0.717, 1.165) is 27.0 Å². The van der Waals surface area contributed by atoms with Crippen molar-refractivity contribution in [2.75, 3.05) is 0 Å². The third-order valence-corrected chi connectivity index (χ3v) is 5.29. The molecule has 6 heteroatoms. The van der Waals surface area contributed by atoms with Crippen molar-refractivity contribution in [3.63, 3.8) is 0 Å². The lowest BCUT2D eigenvalue weighted by molar-refractivity contribution is -0.137. The number of carboxylic acids is 1. The van der Waals surface area contributed by atoms with Crippen LogP contribution < -0.4 is 0 Å². The van der Waals surface area contributed by atoms with Crippen LogP contribution in [0, 0.1) is 0 Å². The lowest BCUT2D eigenvalue weighted by Gasteiger charge is -2.13. The second-order valence-electron chi connectivity index (χ2n) is 6.63. The number of hydrogen-bond donors (Lipinski definition) is 1. The third kappa shape index (κ3) is 4.98. The quantitative estimate of drug-likeness (QED) is 0.617. The number of imidazole rings is 1. The number of nitrogens with zero attached hydrogens (tertiary/aromatic N) is 3. The summed E-state index contributed by atoms with van der Waals surface area (Å²) < 4.78 is 2.15. The number of benzene rings is 1. The van der Waals surface area contributed by atoms with E-state index in [0.29, 0.717) is 13.0 Å². The van der Waals surface area contributed by atoms with Crippen LogP contribution in [0.15, 0.2) is 64.8 Å². The molecule has 0 amide bonds. The minimum Gasteiger partial charge on any atom is -0.481 e. The fourth-order valence-corrected chi connectivity index (χ4v) is 4.02. The van der Waals surface area contributed by atoms with Crippen molar-refractivity contribution in [2.24, 2.45) is 0 Å². The Morgan fingerprint density at radius 2 is 1.96 bits per heavy atom. The van der Waals surface area contributed by atoms with Gasteiger partial charge in [-0.25, -0.2) is 4.98 Å². The number of aliphatic carboxylic acids is 1. The Hall–Kier alpha value is -2.60. The predicted molar refractivity (Wildman–Crippen MR) is 106 cm³/mol. The third-order valence-electron chi connectivity index (χ3n) is 4.16. The van der Waals surface area contributed by atoms with Crippen molar-refractivity contribution >= 4 is 17.7 Å². The molecule has 0 radical (unpaired) electrons. The summed E-state index contributed by atoms with van der Waals surface area (Å²) >= 11 is 1.68. The van der Waals surface area contributed by atoms with Gasteiger partial charge in [-0.1, -0.05) is 49.9 Å². The average Bonchev–Trinajstić information content (AvgIpc) is 2.99. The van der Waals surface area contributed by atoms with Crippen molar-refractivity contribution in [1.82, 2.24) is 14.5 Å². The molecule has 0 saturated carbocycles. The first-order chi connectivity index (χ1) is 13.0. The van der Waals surface area contributed by atoms with Gasteiger partial charge < -0.3 is 9.67 Å². The monoisotopic (exact) mass is 381 g/mol. The van der Waals surface area contributed by atoms with Crippen molar-refractivity contribution < 1.29 is 9.90 Å². The second kappa shape index (κ2) is 8.86. The Labute approximate surface area is 163 Å². The summed E-state index contributed by atoms with van der Waals surface area (Å²) in [6, 6.07) is 14.1. The van der Waals surface area contributed by atoms with Gasteiger partial charge in [-0.2, -0.15) is 0 Å². The van der Waals surface area contributed by atoms with Crippen LogP contribution in [0.4, 0.5) is 0 Å². The van der Waals surface area contributed by atoms with E-state index in [-0.39, 0.29) is 12.3 Å². The van der Waals surface area contributed by atoms with Gasteiger partial charge in [-0.05, 0) is 29.7 Å². The van der Waals surface area contributed by atoms with E-state index in [1.165, 1.54) is 0 Å². The van der Waals surface area contributed by atoms with Crippen LogP contribution in [0.25, 0.3) is 0 Å². The Kier molecular flexibility index (Phi) is 6.29. The van der Waals surface area contributed by atoms with E-state index in [2.05, 4.69) is 35.5 Å². The molecule has 140 valence electrons. The standard InChI is InChI=1S/C21H23N3O2S/c1-15(2)20-21(27-17-8-4-3-5-9-17)24(14-16-7-6-12-22-13-16)18(23-20)10-11-19(25)26/h3-9,12-13,15H,10-11,14H2,1-2H3,(H,25,26). The fraction of sp³-hybridized carbons (Fsp3) is 0.286. The molecule has 2 aromatic heterocycles. The first-order valence-corrected chi connectivity index (χ1v) is 9.79. The number of rotatable bonds is 8. The minimum absolute atomic E-state index is 0.0665. The average molecular weight is 382 g/mol. The maximum atomic E-state index is 11.1. The van der Waals surface area contributed by atoms with Crippen LogP contribution in [0.1, 0.15) is 43.3 Å². The Morgan fingerprint density at radius 3 is 2.59 bits per heavy atom. The number of aryl methyl sites for hydroxylation is 1. The summed E-state index contributed by atoms with van der Waals surface area (Å²) in [4.78, 5) is 21.3. The molecule has 0 aliphatic rings. The van der Waals surface area contributed by atoms with Crippen LogP contribution in [0.5, 0.6) is 0 Å². The number of pyridine rings is 1. The van der Waals surface area contributed by atoms with Gasteiger partial charge in [-0.15, -0.1) is 0 Å². The minimum atomic E-state index is -0.811. The molecule has 0 unspecified atom stereocenters. The summed E-state index contributed by atoms with van der Waals surface area (Å²) in [5.74, 6) is 0.243. The van der Waals surface area contributed by atoms with Gasteiger partial charge in [-0.3, -0.25) is 9.78 Å². The van der Waals surface area contributed by atoms with Crippen molar-refractivity contribution in [3.05, 3.63) is 71.9 Å². The predicted octanol–water partition coefficient (Wildman–Crippen LogP) is 4.62. The number of carbonyl (C=O) groups is 1. The van der Waals surface area contributed by atoms with E-state index < -0.39 is 5.97 Å². The number of aromatic nitrogens is 3. The van der Waals surface area contributed by atoms with Crippen molar-refractivity contribution in [1.29, 1.82) is 0 Å². The maximum absolute atomic E-state index is 11.1. The molecular weight excluding hydrogens is 358 g/mol. The van der Waals surface area contributed by atoms with Crippen molar-refractivity contribution in [3.8, 4) is 0 Å². The normalized spacial score (nSPS) is 11.1. The summed E-state index contributed by atoms with van der Waals surface area (Å²) in [6.07, 6.45) is 4.07. The van der Waals surface area contributed by atoms with E-state index in [1.54, 1.807) is 18.0 Å². The van der Waals surface area contributed by atoms with Crippen LogP contribution in [-0.4, -0.2) is 25.6 Å². The van der Waals surface area contributed by atoms with Crippen molar-refractivity contribution in [2.45, 2.75) is 49.1 Å². The van der Waals surface area contributed by atoms with Gasteiger partial charge in [0.05, 0.1) is 18.7 Å². The highest BCUT2D eigenvalue weighted by atomic mass is 32.2. The van der Waals surface area contributed by atoms with Gasteiger partial charge in [0.25, 0.3) is 0 Å². The van der Waals surface area contributed by atoms with Gasteiger partial charge in [0.1, 0.15) is 10.9 Å². The zero-order chi connectivity index (χ0) is 19.2. The molecule has 0 aliphatic heterocycles. The molecule has 5 nitrogen and oxygen atoms in total. The molecule has 0 fully saturated rings. The Morgan fingerprint density at radius 1 is 1.19 bits per heavy atom. The van der Waals surface area contributed by atoms with Crippen LogP contribution in [0.2, 0.25) is 0 Å². The highest BCUT2D eigenvalue weighted by molar-refractivity contribution is 7.99. The van der Waals surface area contributed by atoms with Crippen LogP contribution in [0.3, 0.4) is 0 Å². The molecule has 0 bridgehead atoms. The van der Waals surface area contributed by atoms with E-state index in [4.69, 9.17) is 10.1 Å². The number of carboxylic acid groups (broad SMARTS) is 1. The molecule has 3 aromatic rings. The Bertz CT molecular complexity index is 893. The Balaban J connectivity index is 2.04. The fourth-order valence-electron chi connectivity index (χ4n) is 2.83. The largest absolute Gasteiger partial charge is 0.481 e. The van der Waals surface area contributed by atoms with Crippen LogP contribution >= 0.6 is 11.8 Å². The van der Waals surface area contributed by atoms with Crippen LogP contribution in [-0.2, 0) is 17.8 Å². The summed E-state index contributed by atoms with van der Waals surface area (Å²) in [5, 5.41) is 10.2. The van der Waals surface area contributed by atoms with Gasteiger partial charge in [0, 0.05) is 23.7 Å². The SMILES string of the molecule is CC(C)c1nc(CCC(=O)O)n(Cc2cccnc2)c1Sc1ccccc1. The zero-order valence-electron chi connectivity index (χ0n) is 15.5. The first kappa shape index (κ1) is 19.2. The molecule has 0 atom stereocenters. The van der Waals surface area contributed by atoms with E-state index in [1.807, 2.05) is 36.5 Å². The van der Waals surface area contributed by atoms with E-state index in [9.17, 15) is 4.79 Å². The molecular formula is C21H23N3O2S. The lowest BCUT2D eigenvalue weighted by Crippen LogP contribution is -2.09. The number of hydrogen-bond acceptors (Lipinski definition) is 4. The molecule has 27 heavy (non-hydrogen) atoms. The van der Waals surface area contributed by atoms with Gasteiger partial charge in [0.15, 0.2) is 0 Å². The molecule has 2 heterocycles. The second-order valence-corrected chi connectivity index (χ2v) is 7.69. The molecule has 1 aromatic carbocycles. The highest BCUT2D eigenvalue weighted by Gasteiger charge is 2.21. The smallest absolute Gasteiger partial charge is 0.303 e. The molecule has 0 saturated heterocycles.